The van der Waals surface area contributed by atoms with Crippen LogP contribution in [0.15, 0.2) is 78.3 Å². The van der Waals surface area contributed by atoms with Crippen LogP contribution >= 0.6 is 0 Å². The van der Waals surface area contributed by atoms with E-state index < -0.39 is 0 Å². The molecule has 2 N–H and O–H groups in total. The van der Waals surface area contributed by atoms with Crippen molar-refractivity contribution >= 4 is 17.6 Å². The van der Waals surface area contributed by atoms with E-state index in [1.807, 2.05) is 42.5 Å². The number of nitrogens with zero attached hydrogens (tertiary/aromatic N) is 2. The summed E-state index contributed by atoms with van der Waals surface area (Å²) < 4.78 is 0. The number of hydrogen-bond donors (Lipinski definition) is 1. The molecule has 0 aliphatic carbocycles. The van der Waals surface area contributed by atoms with Crippen LogP contribution in [-0.2, 0) is 6.42 Å². The standard InChI is InChI=1S/C22H21N3/c1-16-8-3-4-9-18(16)14-20-11-7-13-22(25-20)17(2)24-15-19-10-5-6-12-21(19)23/h3-13,15H,2,14,23H2,1H3/b24-15-. The summed E-state index contributed by atoms with van der Waals surface area (Å²) in [5, 5.41) is 0. The van der Waals surface area contributed by atoms with Gasteiger partial charge in [-0.3, -0.25) is 9.98 Å². The fourth-order valence-electron chi connectivity index (χ4n) is 2.58. The highest BCUT2D eigenvalue weighted by atomic mass is 14.8. The van der Waals surface area contributed by atoms with Crippen molar-refractivity contribution in [1.29, 1.82) is 0 Å². The lowest BCUT2D eigenvalue weighted by molar-refractivity contribution is 1.04. The minimum atomic E-state index is 0.620. The van der Waals surface area contributed by atoms with Crippen molar-refractivity contribution < 1.29 is 0 Å². The van der Waals surface area contributed by atoms with Gasteiger partial charge in [0, 0.05) is 29.6 Å². The van der Waals surface area contributed by atoms with Gasteiger partial charge in [0.05, 0.1) is 11.4 Å². The van der Waals surface area contributed by atoms with Gasteiger partial charge in [0.2, 0.25) is 0 Å². The third kappa shape index (κ3) is 4.21. The van der Waals surface area contributed by atoms with Crippen LogP contribution < -0.4 is 5.73 Å². The minimum absolute atomic E-state index is 0.620. The molecule has 1 aromatic heterocycles. The zero-order valence-electron chi connectivity index (χ0n) is 14.3. The van der Waals surface area contributed by atoms with Crippen molar-refractivity contribution in [3.63, 3.8) is 0 Å². The van der Waals surface area contributed by atoms with Crippen LogP contribution in [0.25, 0.3) is 5.70 Å². The number of aryl methyl sites for hydroxylation is 1. The Morgan fingerprint density at radius 1 is 1.04 bits per heavy atom. The van der Waals surface area contributed by atoms with Crippen LogP contribution in [0.5, 0.6) is 0 Å². The summed E-state index contributed by atoms with van der Waals surface area (Å²) >= 11 is 0. The molecular formula is C22H21N3. The molecule has 0 atom stereocenters. The fraction of sp³-hybridized carbons (Fsp3) is 0.0909. The zero-order chi connectivity index (χ0) is 17.6. The van der Waals surface area contributed by atoms with Gasteiger partial charge in [-0.05, 0) is 36.2 Å². The molecule has 124 valence electrons. The lowest BCUT2D eigenvalue weighted by Gasteiger charge is -2.07. The first kappa shape index (κ1) is 16.7. The van der Waals surface area contributed by atoms with Gasteiger partial charge in [-0.25, -0.2) is 0 Å². The molecule has 0 saturated carbocycles. The summed E-state index contributed by atoms with van der Waals surface area (Å²) in [5.74, 6) is 0. The Bertz CT molecular complexity index is 926. The van der Waals surface area contributed by atoms with Crippen molar-refractivity contribution in [2.24, 2.45) is 4.99 Å². The summed E-state index contributed by atoms with van der Waals surface area (Å²) in [6.45, 7) is 6.15. The highest BCUT2D eigenvalue weighted by Crippen LogP contribution is 2.16. The van der Waals surface area contributed by atoms with E-state index in [4.69, 9.17) is 10.7 Å². The monoisotopic (exact) mass is 327 g/mol. The molecule has 0 radical (unpaired) electrons. The average molecular weight is 327 g/mol. The van der Waals surface area contributed by atoms with E-state index >= 15 is 0 Å². The van der Waals surface area contributed by atoms with Crippen LogP contribution in [-0.4, -0.2) is 11.2 Å². The Morgan fingerprint density at radius 3 is 2.60 bits per heavy atom. The molecule has 0 saturated heterocycles. The molecular weight excluding hydrogens is 306 g/mol. The third-order valence-corrected chi connectivity index (χ3v) is 4.09. The number of nitrogen functional groups attached to an aromatic ring is 1. The van der Waals surface area contributed by atoms with Gasteiger partial charge in [0.25, 0.3) is 0 Å². The topological polar surface area (TPSA) is 51.3 Å². The quantitative estimate of drug-likeness (QED) is 0.547. The Morgan fingerprint density at radius 2 is 1.80 bits per heavy atom. The molecule has 2 aromatic carbocycles. The molecule has 0 aliphatic heterocycles. The fourth-order valence-corrected chi connectivity index (χ4v) is 2.58. The third-order valence-electron chi connectivity index (χ3n) is 4.09. The van der Waals surface area contributed by atoms with Crippen LogP contribution in [0.2, 0.25) is 0 Å². The van der Waals surface area contributed by atoms with Crippen LogP contribution in [0.1, 0.15) is 28.1 Å². The highest BCUT2D eigenvalue weighted by molar-refractivity contribution is 5.89. The first-order chi connectivity index (χ1) is 12.1. The SMILES string of the molecule is C=C(/N=C\c1ccccc1N)c1cccc(Cc2ccccc2C)n1. The van der Waals surface area contributed by atoms with Gasteiger partial charge in [0.1, 0.15) is 0 Å². The lowest BCUT2D eigenvalue weighted by Crippen LogP contribution is -1.97. The largest absolute Gasteiger partial charge is 0.398 e. The molecule has 0 bridgehead atoms. The number of hydrogen-bond acceptors (Lipinski definition) is 3. The van der Waals surface area contributed by atoms with E-state index in [0.717, 1.165) is 23.4 Å². The van der Waals surface area contributed by atoms with E-state index in [-0.39, 0.29) is 0 Å². The normalized spacial score (nSPS) is 10.9. The van der Waals surface area contributed by atoms with Crippen molar-refractivity contribution in [3.05, 3.63) is 101 Å². The zero-order valence-corrected chi connectivity index (χ0v) is 14.3. The molecule has 0 amide bonds. The van der Waals surface area contributed by atoms with Crippen molar-refractivity contribution in [3.8, 4) is 0 Å². The number of pyridine rings is 1. The Labute approximate surface area is 148 Å². The molecule has 0 aliphatic rings. The van der Waals surface area contributed by atoms with Crippen molar-refractivity contribution in [1.82, 2.24) is 4.98 Å². The van der Waals surface area contributed by atoms with Gasteiger partial charge in [-0.15, -0.1) is 0 Å². The summed E-state index contributed by atoms with van der Waals surface area (Å²) in [4.78, 5) is 9.13. The number of benzene rings is 2. The van der Waals surface area contributed by atoms with E-state index in [2.05, 4.69) is 42.8 Å². The Balaban J connectivity index is 1.78. The maximum Gasteiger partial charge on any atom is 0.0883 e. The molecule has 0 fully saturated rings. The number of para-hydroxylation sites is 1. The predicted molar refractivity (Wildman–Crippen MR) is 106 cm³/mol. The summed E-state index contributed by atoms with van der Waals surface area (Å²) in [6, 6.07) is 21.9. The first-order valence-electron chi connectivity index (χ1n) is 8.22. The molecule has 1 heterocycles. The Hall–Kier alpha value is -3.20. The maximum absolute atomic E-state index is 5.93. The number of nitrogens with two attached hydrogens (primary N) is 1. The molecule has 3 rings (SSSR count). The number of aromatic nitrogens is 1. The van der Waals surface area contributed by atoms with Gasteiger partial charge >= 0.3 is 0 Å². The van der Waals surface area contributed by atoms with E-state index in [9.17, 15) is 0 Å². The molecule has 0 unspecified atom stereocenters. The van der Waals surface area contributed by atoms with E-state index in [1.165, 1.54) is 11.1 Å². The number of anilines is 1. The van der Waals surface area contributed by atoms with Crippen molar-refractivity contribution in [2.75, 3.05) is 5.73 Å². The molecule has 25 heavy (non-hydrogen) atoms. The lowest BCUT2D eigenvalue weighted by atomic mass is 10.0. The second kappa shape index (κ2) is 7.58. The van der Waals surface area contributed by atoms with Gasteiger partial charge < -0.3 is 5.73 Å². The smallest absolute Gasteiger partial charge is 0.0883 e. The molecule has 3 heteroatoms. The van der Waals surface area contributed by atoms with Crippen molar-refractivity contribution in [2.45, 2.75) is 13.3 Å². The van der Waals surface area contributed by atoms with Gasteiger partial charge in [-0.1, -0.05) is 55.1 Å². The molecule has 0 spiro atoms. The number of rotatable bonds is 5. The van der Waals surface area contributed by atoms with Gasteiger partial charge in [-0.2, -0.15) is 0 Å². The predicted octanol–water partition coefficient (Wildman–Crippen LogP) is 4.65. The van der Waals surface area contributed by atoms with Gasteiger partial charge in [0.15, 0.2) is 0 Å². The maximum atomic E-state index is 5.93. The molecule has 3 aromatic rings. The summed E-state index contributed by atoms with van der Waals surface area (Å²) in [7, 11) is 0. The molecule has 3 nitrogen and oxygen atoms in total. The summed E-state index contributed by atoms with van der Waals surface area (Å²) in [5.41, 5.74) is 12.4. The van der Waals surface area contributed by atoms with E-state index in [1.54, 1.807) is 6.21 Å². The second-order valence-corrected chi connectivity index (χ2v) is 5.95. The summed E-state index contributed by atoms with van der Waals surface area (Å²) in [6.07, 6.45) is 2.52. The average Bonchev–Trinajstić information content (AvgIpc) is 2.63. The number of aliphatic imine (C=N–C) groups is 1. The van der Waals surface area contributed by atoms with E-state index in [0.29, 0.717) is 11.4 Å². The highest BCUT2D eigenvalue weighted by Gasteiger charge is 2.04. The Kier molecular flexibility index (Phi) is 5.05. The minimum Gasteiger partial charge on any atom is -0.398 e. The first-order valence-corrected chi connectivity index (χ1v) is 8.22. The van der Waals surface area contributed by atoms with Crippen LogP contribution in [0.3, 0.4) is 0 Å². The second-order valence-electron chi connectivity index (χ2n) is 5.95. The van der Waals surface area contributed by atoms with Crippen LogP contribution in [0.4, 0.5) is 5.69 Å². The van der Waals surface area contributed by atoms with Crippen LogP contribution in [0, 0.1) is 6.92 Å².